The number of carboxylic acids is 1. The average molecular weight is 207 g/mol. The molecule has 1 heterocycles. The van der Waals surface area contributed by atoms with Gasteiger partial charge in [-0.25, -0.2) is 9.97 Å². The number of nitrogen functional groups attached to an aromatic ring is 1. The van der Waals surface area contributed by atoms with Gasteiger partial charge in [-0.15, -0.1) is 0 Å². The zero-order valence-electron chi connectivity index (χ0n) is 8.31. The second kappa shape index (κ2) is 3.49. The molecule has 5 heteroatoms. The highest BCUT2D eigenvalue weighted by molar-refractivity contribution is 5.81. The molecule has 0 amide bonds. The number of aromatic nitrogens is 2. The van der Waals surface area contributed by atoms with Crippen LogP contribution in [0.1, 0.15) is 31.4 Å². The Hall–Kier alpha value is -1.65. The smallest absolute Gasteiger partial charge is 0.315 e. The Bertz CT molecular complexity index is 386. The number of carboxylic acid groups (broad SMARTS) is 1. The summed E-state index contributed by atoms with van der Waals surface area (Å²) in [7, 11) is 0. The van der Waals surface area contributed by atoms with Crippen LogP contribution in [0.2, 0.25) is 0 Å². The SMILES string of the molecule is Nc1cc(C2(C(=O)O)CCCC2)ncn1. The van der Waals surface area contributed by atoms with E-state index in [1.807, 2.05) is 0 Å². The van der Waals surface area contributed by atoms with Gasteiger partial charge in [0.25, 0.3) is 0 Å². The van der Waals surface area contributed by atoms with E-state index in [1.54, 1.807) is 6.07 Å². The Balaban J connectivity index is 2.45. The molecule has 0 unspecified atom stereocenters. The van der Waals surface area contributed by atoms with Crippen molar-refractivity contribution < 1.29 is 9.90 Å². The predicted molar refractivity (Wildman–Crippen MR) is 54.2 cm³/mol. The fourth-order valence-electron chi connectivity index (χ4n) is 2.19. The lowest BCUT2D eigenvalue weighted by atomic mass is 9.82. The summed E-state index contributed by atoms with van der Waals surface area (Å²) in [5.74, 6) is -0.481. The molecule has 1 aliphatic rings. The van der Waals surface area contributed by atoms with E-state index in [1.165, 1.54) is 6.33 Å². The maximum Gasteiger partial charge on any atom is 0.315 e. The lowest BCUT2D eigenvalue weighted by Crippen LogP contribution is -2.33. The molecule has 1 aliphatic carbocycles. The highest BCUT2D eigenvalue weighted by Gasteiger charge is 2.44. The van der Waals surface area contributed by atoms with Crippen molar-refractivity contribution in [1.29, 1.82) is 0 Å². The second-order valence-corrected chi connectivity index (χ2v) is 3.92. The van der Waals surface area contributed by atoms with Gasteiger partial charge < -0.3 is 10.8 Å². The third-order valence-corrected chi connectivity index (χ3v) is 3.05. The zero-order valence-corrected chi connectivity index (χ0v) is 8.31. The Morgan fingerprint density at radius 3 is 2.60 bits per heavy atom. The van der Waals surface area contributed by atoms with Crippen LogP contribution in [0.25, 0.3) is 0 Å². The van der Waals surface area contributed by atoms with Crippen molar-refractivity contribution in [3.05, 3.63) is 18.1 Å². The lowest BCUT2D eigenvalue weighted by molar-refractivity contribution is -0.143. The van der Waals surface area contributed by atoms with Crippen molar-refractivity contribution in [1.82, 2.24) is 9.97 Å². The number of rotatable bonds is 2. The first-order valence-electron chi connectivity index (χ1n) is 4.96. The third-order valence-electron chi connectivity index (χ3n) is 3.05. The standard InChI is InChI=1S/C10H13N3O2/c11-8-5-7(12-6-13-8)10(9(14)15)3-1-2-4-10/h5-6H,1-4H2,(H,14,15)(H2,11,12,13). The minimum Gasteiger partial charge on any atom is -0.481 e. The first-order chi connectivity index (χ1) is 7.15. The number of anilines is 1. The molecule has 0 aromatic carbocycles. The maximum atomic E-state index is 11.3. The van der Waals surface area contributed by atoms with Gasteiger partial charge in [-0.2, -0.15) is 0 Å². The van der Waals surface area contributed by atoms with Gasteiger partial charge >= 0.3 is 5.97 Å². The molecule has 0 aliphatic heterocycles. The van der Waals surface area contributed by atoms with Crippen molar-refractivity contribution in [3.63, 3.8) is 0 Å². The molecule has 0 saturated heterocycles. The van der Waals surface area contributed by atoms with Gasteiger partial charge in [0.1, 0.15) is 17.6 Å². The van der Waals surface area contributed by atoms with Gasteiger partial charge in [-0.3, -0.25) is 4.79 Å². The number of nitrogens with zero attached hydrogens (tertiary/aromatic N) is 2. The quantitative estimate of drug-likeness (QED) is 0.753. The minimum absolute atomic E-state index is 0.326. The molecule has 0 spiro atoms. The van der Waals surface area contributed by atoms with Crippen molar-refractivity contribution >= 4 is 11.8 Å². The Morgan fingerprint density at radius 1 is 1.40 bits per heavy atom. The van der Waals surface area contributed by atoms with E-state index in [2.05, 4.69) is 9.97 Å². The van der Waals surface area contributed by atoms with Crippen LogP contribution in [0.15, 0.2) is 12.4 Å². The number of hydrogen-bond donors (Lipinski definition) is 2. The molecule has 1 aromatic heterocycles. The van der Waals surface area contributed by atoms with E-state index < -0.39 is 11.4 Å². The molecular formula is C10H13N3O2. The van der Waals surface area contributed by atoms with Crippen molar-refractivity contribution in [2.75, 3.05) is 5.73 Å². The zero-order chi connectivity index (χ0) is 10.9. The summed E-state index contributed by atoms with van der Waals surface area (Å²) in [6.07, 6.45) is 4.46. The topological polar surface area (TPSA) is 89.1 Å². The van der Waals surface area contributed by atoms with Gasteiger partial charge in [0.15, 0.2) is 0 Å². The minimum atomic E-state index is -0.836. The van der Waals surface area contributed by atoms with E-state index >= 15 is 0 Å². The third kappa shape index (κ3) is 1.54. The highest BCUT2D eigenvalue weighted by Crippen LogP contribution is 2.40. The van der Waals surface area contributed by atoms with Crippen LogP contribution in [0.3, 0.4) is 0 Å². The van der Waals surface area contributed by atoms with Crippen molar-refractivity contribution in [3.8, 4) is 0 Å². The van der Waals surface area contributed by atoms with E-state index in [-0.39, 0.29) is 0 Å². The number of hydrogen-bond acceptors (Lipinski definition) is 4. The van der Waals surface area contributed by atoms with E-state index in [0.29, 0.717) is 24.4 Å². The number of nitrogens with two attached hydrogens (primary N) is 1. The summed E-state index contributed by atoms with van der Waals surface area (Å²) in [6.45, 7) is 0. The normalized spacial score (nSPS) is 18.9. The molecule has 3 N–H and O–H groups in total. The van der Waals surface area contributed by atoms with Crippen LogP contribution in [-0.4, -0.2) is 21.0 Å². The Kier molecular flexibility index (Phi) is 2.30. The van der Waals surface area contributed by atoms with E-state index in [0.717, 1.165) is 12.8 Å². The molecule has 80 valence electrons. The van der Waals surface area contributed by atoms with Gasteiger partial charge in [-0.1, -0.05) is 12.8 Å². The lowest BCUT2D eigenvalue weighted by Gasteiger charge is -2.22. The van der Waals surface area contributed by atoms with Gasteiger partial charge in [0, 0.05) is 6.07 Å². The number of aliphatic carboxylic acids is 1. The molecule has 0 radical (unpaired) electrons. The van der Waals surface area contributed by atoms with Crippen molar-refractivity contribution in [2.45, 2.75) is 31.1 Å². The molecule has 1 saturated carbocycles. The molecule has 0 bridgehead atoms. The van der Waals surface area contributed by atoms with Gasteiger partial charge in [-0.05, 0) is 12.8 Å². The van der Waals surface area contributed by atoms with Crippen LogP contribution in [0, 0.1) is 0 Å². The molecule has 0 atom stereocenters. The summed E-state index contributed by atoms with van der Waals surface area (Å²) in [6, 6.07) is 1.57. The number of carbonyl (C=O) groups is 1. The molecule has 5 nitrogen and oxygen atoms in total. The van der Waals surface area contributed by atoms with Gasteiger partial charge in [0.05, 0.1) is 5.69 Å². The summed E-state index contributed by atoms with van der Waals surface area (Å²) < 4.78 is 0. The van der Waals surface area contributed by atoms with Crippen LogP contribution in [0.5, 0.6) is 0 Å². The maximum absolute atomic E-state index is 11.3. The Labute approximate surface area is 87.4 Å². The monoisotopic (exact) mass is 207 g/mol. The molecular weight excluding hydrogens is 194 g/mol. The highest BCUT2D eigenvalue weighted by atomic mass is 16.4. The summed E-state index contributed by atoms with van der Waals surface area (Å²) in [5.41, 5.74) is 5.25. The van der Waals surface area contributed by atoms with Crippen LogP contribution in [0.4, 0.5) is 5.82 Å². The van der Waals surface area contributed by atoms with Gasteiger partial charge in [0.2, 0.25) is 0 Å². The predicted octanol–water partition coefficient (Wildman–Crippen LogP) is 0.955. The summed E-state index contributed by atoms with van der Waals surface area (Å²) >= 11 is 0. The fourth-order valence-corrected chi connectivity index (χ4v) is 2.19. The summed E-state index contributed by atoms with van der Waals surface area (Å²) in [5, 5.41) is 9.31. The van der Waals surface area contributed by atoms with Crippen LogP contribution < -0.4 is 5.73 Å². The van der Waals surface area contributed by atoms with Crippen LogP contribution in [-0.2, 0) is 10.2 Å². The first kappa shape index (κ1) is 9.89. The Morgan fingerprint density at radius 2 is 2.07 bits per heavy atom. The average Bonchev–Trinajstić information content (AvgIpc) is 2.67. The second-order valence-electron chi connectivity index (χ2n) is 3.92. The first-order valence-corrected chi connectivity index (χ1v) is 4.96. The van der Waals surface area contributed by atoms with E-state index in [4.69, 9.17) is 5.73 Å². The summed E-state index contributed by atoms with van der Waals surface area (Å²) in [4.78, 5) is 19.2. The largest absolute Gasteiger partial charge is 0.481 e. The molecule has 15 heavy (non-hydrogen) atoms. The van der Waals surface area contributed by atoms with E-state index in [9.17, 15) is 9.90 Å². The van der Waals surface area contributed by atoms with Crippen LogP contribution >= 0.6 is 0 Å². The molecule has 2 rings (SSSR count). The fraction of sp³-hybridized carbons (Fsp3) is 0.500. The molecule has 1 aromatic rings. The molecule has 1 fully saturated rings. The van der Waals surface area contributed by atoms with Crippen molar-refractivity contribution in [2.24, 2.45) is 0 Å².